The Bertz CT molecular complexity index is 564. The van der Waals surface area contributed by atoms with Crippen molar-refractivity contribution >= 4 is 0 Å². The van der Waals surface area contributed by atoms with E-state index < -0.39 is 0 Å². The molecule has 2 rings (SSSR count). The van der Waals surface area contributed by atoms with Gasteiger partial charge in [0.25, 0.3) is 0 Å². The normalized spacial score (nSPS) is 14.2. The average Bonchev–Trinajstić information content (AvgIpc) is 2.86. The van der Waals surface area contributed by atoms with Crippen LogP contribution in [0.25, 0.3) is 11.4 Å². The minimum atomic E-state index is -0.0341. The highest BCUT2D eigenvalue weighted by atomic mass is 16.5. The molecule has 0 aliphatic rings. The summed E-state index contributed by atoms with van der Waals surface area (Å²) in [5.74, 6) is 1.84. The molecular formula is C14H19N3O2. The van der Waals surface area contributed by atoms with Crippen LogP contribution < -0.4 is 10.5 Å². The van der Waals surface area contributed by atoms with E-state index in [0.717, 1.165) is 16.9 Å². The van der Waals surface area contributed by atoms with Crippen molar-refractivity contribution < 1.29 is 9.26 Å². The Kier molecular flexibility index (Phi) is 3.85. The van der Waals surface area contributed by atoms with Crippen molar-refractivity contribution in [3.05, 3.63) is 29.7 Å². The smallest absolute Gasteiger partial charge is 0.231 e. The summed E-state index contributed by atoms with van der Waals surface area (Å²) in [5.41, 5.74) is 7.78. The third kappa shape index (κ3) is 2.76. The van der Waals surface area contributed by atoms with E-state index in [2.05, 4.69) is 10.1 Å². The Labute approximate surface area is 112 Å². The van der Waals surface area contributed by atoms with Crippen LogP contribution in [0.3, 0.4) is 0 Å². The number of ether oxygens (including phenoxy) is 1. The Balaban J connectivity index is 2.38. The van der Waals surface area contributed by atoms with E-state index in [1.165, 1.54) is 0 Å². The molecule has 102 valence electrons. The predicted octanol–water partition coefficient (Wildman–Crippen LogP) is 2.50. The summed E-state index contributed by atoms with van der Waals surface area (Å²) in [5, 5.41) is 4.01. The Morgan fingerprint density at radius 3 is 2.68 bits per heavy atom. The molecule has 0 radical (unpaired) electrons. The van der Waals surface area contributed by atoms with E-state index in [1.54, 1.807) is 7.11 Å². The predicted molar refractivity (Wildman–Crippen MR) is 73.1 cm³/mol. The molecule has 2 N–H and O–H groups in total. The molecule has 0 aliphatic heterocycles. The molecule has 0 spiro atoms. The van der Waals surface area contributed by atoms with Crippen molar-refractivity contribution in [1.82, 2.24) is 10.1 Å². The highest BCUT2D eigenvalue weighted by Gasteiger charge is 2.20. The van der Waals surface area contributed by atoms with Gasteiger partial charge in [0.1, 0.15) is 5.75 Å². The maximum Gasteiger partial charge on any atom is 0.231 e. The lowest BCUT2D eigenvalue weighted by atomic mass is 10.1. The first kappa shape index (κ1) is 13.5. The third-order valence-electron chi connectivity index (χ3n) is 3.22. The monoisotopic (exact) mass is 261 g/mol. The molecule has 1 aromatic heterocycles. The average molecular weight is 261 g/mol. The van der Waals surface area contributed by atoms with E-state index >= 15 is 0 Å². The second kappa shape index (κ2) is 5.40. The molecule has 0 bridgehead atoms. The van der Waals surface area contributed by atoms with Crippen LogP contribution in [0.4, 0.5) is 0 Å². The number of nitrogens with zero attached hydrogens (tertiary/aromatic N) is 2. The fraction of sp³-hybridized carbons (Fsp3) is 0.429. The maximum absolute atomic E-state index is 5.84. The van der Waals surface area contributed by atoms with Crippen LogP contribution in [0.5, 0.6) is 5.75 Å². The summed E-state index contributed by atoms with van der Waals surface area (Å²) in [6, 6.07) is 5.83. The number of aromatic nitrogens is 2. The second-order valence-corrected chi connectivity index (χ2v) is 4.81. The van der Waals surface area contributed by atoms with Crippen LogP contribution in [-0.2, 0) is 0 Å². The van der Waals surface area contributed by atoms with E-state index in [-0.39, 0.29) is 12.0 Å². The molecule has 2 unspecified atom stereocenters. The van der Waals surface area contributed by atoms with Gasteiger partial charge >= 0.3 is 0 Å². The van der Waals surface area contributed by atoms with Crippen molar-refractivity contribution in [3.8, 4) is 17.1 Å². The van der Waals surface area contributed by atoms with Crippen molar-refractivity contribution in [2.24, 2.45) is 5.73 Å². The van der Waals surface area contributed by atoms with E-state index in [0.29, 0.717) is 11.7 Å². The zero-order chi connectivity index (χ0) is 14.0. The van der Waals surface area contributed by atoms with Crippen LogP contribution in [0.2, 0.25) is 0 Å². The molecule has 5 heteroatoms. The van der Waals surface area contributed by atoms with Gasteiger partial charge in [0.05, 0.1) is 18.6 Å². The fourth-order valence-electron chi connectivity index (χ4n) is 1.74. The van der Waals surface area contributed by atoms with Gasteiger partial charge in [0, 0.05) is 6.04 Å². The molecular weight excluding hydrogens is 242 g/mol. The molecule has 0 saturated carbocycles. The number of hydrogen-bond acceptors (Lipinski definition) is 5. The Hall–Kier alpha value is -1.88. The summed E-state index contributed by atoms with van der Waals surface area (Å²) < 4.78 is 10.6. The summed E-state index contributed by atoms with van der Waals surface area (Å²) in [4.78, 5) is 4.40. The lowest BCUT2D eigenvalue weighted by Gasteiger charge is -2.09. The SMILES string of the molecule is COc1cc(C)ccc1-c1noc(C(C)C(C)N)n1. The molecule has 0 fully saturated rings. The molecule has 0 saturated heterocycles. The first-order valence-electron chi connectivity index (χ1n) is 6.27. The van der Waals surface area contributed by atoms with Gasteiger partial charge in [0.15, 0.2) is 0 Å². The van der Waals surface area contributed by atoms with Crippen molar-refractivity contribution in [2.45, 2.75) is 32.7 Å². The van der Waals surface area contributed by atoms with Crippen LogP contribution in [0.1, 0.15) is 31.2 Å². The number of hydrogen-bond donors (Lipinski definition) is 1. The number of rotatable bonds is 4. The quantitative estimate of drug-likeness (QED) is 0.915. The zero-order valence-electron chi connectivity index (χ0n) is 11.7. The van der Waals surface area contributed by atoms with Crippen molar-refractivity contribution in [2.75, 3.05) is 7.11 Å². The Morgan fingerprint density at radius 2 is 2.05 bits per heavy atom. The number of methoxy groups -OCH3 is 1. The molecule has 1 aromatic carbocycles. The molecule has 19 heavy (non-hydrogen) atoms. The lowest BCUT2D eigenvalue weighted by molar-refractivity contribution is 0.346. The lowest BCUT2D eigenvalue weighted by Crippen LogP contribution is -2.22. The molecule has 5 nitrogen and oxygen atoms in total. The molecule has 0 aliphatic carbocycles. The van der Waals surface area contributed by atoms with Gasteiger partial charge in [-0.15, -0.1) is 0 Å². The van der Waals surface area contributed by atoms with Gasteiger partial charge in [0.2, 0.25) is 11.7 Å². The molecule has 1 heterocycles. The van der Waals surface area contributed by atoms with E-state index in [1.807, 2.05) is 39.0 Å². The van der Waals surface area contributed by atoms with Gasteiger partial charge in [-0.05, 0) is 31.5 Å². The number of benzene rings is 1. The topological polar surface area (TPSA) is 74.2 Å². The van der Waals surface area contributed by atoms with E-state index in [4.69, 9.17) is 15.0 Å². The maximum atomic E-state index is 5.84. The summed E-state index contributed by atoms with van der Waals surface area (Å²) in [6.45, 7) is 5.89. The second-order valence-electron chi connectivity index (χ2n) is 4.81. The van der Waals surface area contributed by atoms with Crippen LogP contribution >= 0.6 is 0 Å². The summed E-state index contributed by atoms with van der Waals surface area (Å²) >= 11 is 0. The van der Waals surface area contributed by atoms with Gasteiger partial charge in [-0.25, -0.2) is 0 Å². The highest BCUT2D eigenvalue weighted by molar-refractivity contribution is 5.64. The first-order valence-corrected chi connectivity index (χ1v) is 6.27. The van der Waals surface area contributed by atoms with Crippen LogP contribution in [0.15, 0.2) is 22.7 Å². The standard InChI is InChI=1S/C14H19N3O2/c1-8-5-6-11(12(7-8)18-4)13-16-14(19-17-13)9(2)10(3)15/h5-7,9-10H,15H2,1-4H3. The van der Waals surface area contributed by atoms with E-state index in [9.17, 15) is 0 Å². The summed E-state index contributed by atoms with van der Waals surface area (Å²) in [7, 11) is 1.63. The largest absolute Gasteiger partial charge is 0.496 e. The Morgan fingerprint density at radius 1 is 1.32 bits per heavy atom. The number of aryl methyl sites for hydroxylation is 1. The van der Waals surface area contributed by atoms with Gasteiger partial charge < -0.3 is 15.0 Å². The zero-order valence-corrected chi connectivity index (χ0v) is 11.7. The minimum Gasteiger partial charge on any atom is -0.496 e. The highest BCUT2D eigenvalue weighted by Crippen LogP contribution is 2.29. The fourth-order valence-corrected chi connectivity index (χ4v) is 1.74. The molecule has 2 atom stereocenters. The van der Waals surface area contributed by atoms with Gasteiger partial charge in [-0.2, -0.15) is 4.98 Å². The third-order valence-corrected chi connectivity index (χ3v) is 3.22. The minimum absolute atomic E-state index is 0.0256. The van der Waals surface area contributed by atoms with Crippen LogP contribution in [-0.4, -0.2) is 23.3 Å². The van der Waals surface area contributed by atoms with Crippen molar-refractivity contribution in [3.63, 3.8) is 0 Å². The summed E-state index contributed by atoms with van der Waals surface area (Å²) in [6.07, 6.45) is 0. The van der Waals surface area contributed by atoms with Crippen LogP contribution in [0, 0.1) is 6.92 Å². The first-order chi connectivity index (χ1) is 9.02. The van der Waals surface area contributed by atoms with Crippen molar-refractivity contribution in [1.29, 1.82) is 0 Å². The van der Waals surface area contributed by atoms with Gasteiger partial charge in [-0.3, -0.25) is 0 Å². The molecule has 0 amide bonds. The molecule has 2 aromatic rings. The van der Waals surface area contributed by atoms with Gasteiger partial charge in [-0.1, -0.05) is 18.1 Å². The number of nitrogens with two attached hydrogens (primary N) is 1.